The number of fused-ring (bicyclic) bond motifs is 1. The minimum Gasteiger partial charge on any atom is -0.497 e. The molecule has 0 unspecified atom stereocenters. The third-order valence-corrected chi connectivity index (χ3v) is 5.46. The Kier molecular flexibility index (Phi) is 4.76. The third kappa shape index (κ3) is 3.38. The molecule has 0 aliphatic rings. The summed E-state index contributed by atoms with van der Waals surface area (Å²) in [7, 11) is -2.13. The summed E-state index contributed by atoms with van der Waals surface area (Å²) in [5, 5.41) is 1.72. The Balaban J connectivity index is 1.94. The molecule has 0 aromatic heterocycles. The fourth-order valence-corrected chi connectivity index (χ4v) is 4.13. The lowest BCUT2D eigenvalue weighted by atomic mass is 10.1. The summed E-state index contributed by atoms with van der Waals surface area (Å²) in [5.41, 5.74) is 0.809. The van der Waals surface area contributed by atoms with Crippen LogP contribution >= 0.6 is 11.6 Å². The minimum atomic E-state index is -3.70. The second kappa shape index (κ2) is 6.81. The first kappa shape index (κ1) is 16.8. The summed E-state index contributed by atoms with van der Waals surface area (Å²) in [4.78, 5) is 0.175. The standard InChI is InChI=1S/C18H16ClNO3S/c1-23-15-8-2-5-13(11-15)12-20-24(21,22)17-10-4-7-14-6-3-9-16(19)18(14)17/h2-11,20H,12H2,1H3. The monoisotopic (exact) mass is 361 g/mol. The summed E-state index contributed by atoms with van der Waals surface area (Å²) in [5.74, 6) is 0.680. The Hall–Kier alpha value is -2.08. The Morgan fingerprint density at radius 3 is 2.50 bits per heavy atom. The molecule has 3 rings (SSSR count). The zero-order chi connectivity index (χ0) is 17.2. The van der Waals surface area contributed by atoms with Crippen molar-refractivity contribution < 1.29 is 13.2 Å². The molecule has 0 amide bonds. The molecule has 0 radical (unpaired) electrons. The van der Waals surface area contributed by atoms with Gasteiger partial charge in [0.05, 0.1) is 12.0 Å². The molecule has 6 heteroatoms. The zero-order valence-corrected chi connectivity index (χ0v) is 14.6. The van der Waals surface area contributed by atoms with E-state index in [4.69, 9.17) is 16.3 Å². The molecule has 0 aliphatic carbocycles. The number of halogens is 1. The van der Waals surface area contributed by atoms with E-state index in [-0.39, 0.29) is 11.4 Å². The van der Waals surface area contributed by atoms with Crippen LogP contribution in [0.1, 0.15) is 5.56 Å². The normalized spacial score (nSPS) is 11.6. The molecule has 0 atom stereocenters. The molecule has 0 aliphatic heterocycles. The van der Waals surface area contributed by atoms with Gasteiger partial charge in [0.15, 0.2) is 0 Å². The summed E-state index contributed by atoms with van der Waals surface area (Å²) in [6.45, 7) is 0.167. The highest BCUT2D eigenvalue weighted by molar-refractivity contribution is 7.89. The van der Waals surface area contributed by atoms with Crippen molar-refractivity contribution in [3.8, 4) is 5.75 Å². The smallest absolute Gasteiger partial charge is 0.241 e. The van der Waals surface area contributed by atoms with Crippen molar-refractivity contribution in [2.24, 2.45) is 0 Å². The van der Waals surface area contributed by atoms with E-state index in [0.29, 0.717) is 16.2 Å². The highest BCUT2D eigenvalue weighted by Gasteiger charge is 2.18. The molecule has 0 fully saturated rings. The molecule has 4 nitrogen and oxygen atoms in total. The van der Waals surface area contributed by atoms with Crippen LogP contribution in [0.2, 0.25) is 5.02 Å². The van der Waals surface area contributed by atoms with Gasteiger partial charge in [-0.3, -0.25) is 0 Å². The first-order valence-corrected chi connectivity index (χ1v) is 9.17. The highest BCUT2D eigenvalue weighted by Crippen LogP contribution is 2.29. The third-order valence-electron chi connectivity index (χ3n) is 3.71. The van der Waals surface area contributed by atoms with Gasteiger partial charge in [0.1, 0.15) is 5.75 Å². The predicted molar refractivity (Wildman–Crippen MR) is 96.0 cm³/mol. The first-order chi connectivity index (χ1) is 11.5. The Labute approximate surface area is 146 Å². The lowest BCUT2D eigenvalue weighted by Gasteiger charge is -2.11. The van der Waals surface area contributed by atoms with Gasteiger partial charge in [0, 0.05) is 17.0 Å². The van der Waals surface area contributed by atoms with Crippen LogP contribution in [0, 0.1) is 0 Å². The lowest BCUT2D eigenvalue weighted by molar-refractivity contribution is 0.414. The van der Waals surface area contributed by atoms with Crippen LogP contribution in [0.3, 0.4) is 0 Å². The van der Waals surface area contributed by atoms with Crippen LogP contribution in [0.25, 0.3) is 10.8 Å². The summed E-state index contributed by atoms with van der Waals surface area (Å²) in [6, 6.07) is 17.7. The van der Waals surface area contributed by atoms with Crippen molar-refractivity contribution in [1.82, 2.24) is 4.72 Å². The van der Waals surface area contributed by atoms with Gasteiger partial charge in [-0.2, -0.15) is 0 Å². The average Bonchev–Trinajstić information content (AvgIpc) is 2.60. The maximum Gasteiger partial charge on any atom is 0.241 e. The molecule has 124 valence electrons. The van der Waals surface area contributed by atoms with Crippen LogP contribution in [-0.4, -0.2) is 15.5 Å². The Morgan fingerprint density at radius 2 is 1.75 bits per heavy atom. The van der Waals surface area contributed by atoms with Crippen LogP contribution in [-0.2, 0) is 16.6 Å². The van der Waals surface area contributed by atoms with E-state index in [9.17, 15) is 8.42 Å². The van der Waals surface area contributed by atoms with Gasteiger partial charge in [-0.1, -0.05) is 48.0 Å². The number of nitrogens with one attached hydrogen (secondary N) is 1. The van der Waals surface area contributed by atoms with Gasteiger partial charge >= 0.3 is 0 Å². The van der Waals surface area contributed by atoms with Crippen molar-refractivity contribution >= 4 is 32.4 Å². The average molecular weight is 362 g/mol. The quantitative estimate of drug-likeness (QED) is 0.747. The first-order valence-electron chi connectivity index (χ1n) is 7.31. The van der Waals surface area contributed by atoms with Gasteiger partial charge in [-0.15, -0.1) is 0 Å². The SMILES string of the molecule is COc1cccc(CNS(=O)(=O)c2cccc3cccc(Cl)c23)c1. The molecule has 0 bridgehead atoms. The second-order valence-electron chi connectivity index (χ2n) is 5.27. The zero-order valence-electron chi connectivity index (χ0n) is 13.0. The second-order valence-corrected chi connectivity index (χ2v) is 7.41. The van der Waals surface area contributed by atoms with Crippen molar-refractivity contribution in [3.63, 3.8) is 0 Å². The maximum atomic E-state index is 12.7. The number of hydrogen-bond donors (Lipinski definition) is 1. The van der Waals surface area contributed by atoms with E-state index in [2.05, 4.69) is 4.72 Å². The Morgan fingerprint density at radius 1 is 1.04 bits per heavy atom. The van der Waals surface area contributed by atoms with E-state index in [1.807, 2.05) is 30.3 Å². The highest BCUT2D eigenvalue weighted by atomic mass is 35.5. The number of sulfonamides is 1. The fourth-order valence-electron chi connectivity index (χ4n) is 2.52. The van der Waals surface area contributed by atoms with Crippen LogP contribution < -0.4 is 9.46 Å². The molecule has 0 spiro atoms. The van der Waals surface area contributed by atoms with Crippen molar-refractivity contribution in [3.05, 3.63) is 71.2 Å². The molecule has 3 aromatic rings. The van der Waals surface area contributed by atoms with E-state index in [1.54, 1.807) is 37.4 Å². The van der Waals surface area contributed by atoms with E-state index >= 15 is 0 Å². The Bertz CT molecular complexity index is 981. The number of benzene rings is 3. The van der Waals surface area contributed by atoms with Crippen molar-refractivity contribution in [2.45, 2.75) is 11.4 Å². The molecular weight excluding hydrogens is 346 g/mol. The van der Waals surface area contributed by atoms with Crippen LogP contribution in [0.15, 0.2) is 65.6 Å². The van der Waals surface area contributed by atoms with Crippen molar-refractivity contribution in [1.29, 1.82) is 0 Å². The fraction of sp³-hybridized carbons (Fsp3) is 0.111. The molecule has 24 heavy (non-hydrogen) atoms. The van der Waals surface area contributed by atoms with Crippen molar-refractivity contribution in [2.75, 3.05) is 7.11 Å². The van der Waals surface area contributed by atoms with Gasteiger partial charge < -0.3 is 4.74 Å². The van der Waals surface area contributed by atoms with Gasteiger partial charge in [-0.25, -0.2) is 13.1 Å². The lowest BCUT2D eigenvalue weighted by Crippen LogP contribution is -2.23. The molecule has 0 heterocycles. The molecule has 1 N–H and O–H groups in total. The van der Waals surface area contributed by atoms with Gasteiger partial charge in [-0.05, 0) is 35.2 Å². The molecule has 0 saturated carbocycles. The van der Waals surface area contributed by atoms with Crippen LogP contribution in [0.4, 0.5) is 0 Å². The predicted octanol–water partition coefficient (Wildman–Crippen LogP) is 3.98. The summed E-state index contributed by atoms with van der Waals surface area (Å²) < 4.78 is 33.2. The summed E-state index contributed by atoms with van der Waals surface area (Å²) in [6.07, 6.45) is 0. The molecular formula is C18H16ClNO3S. The minimum absolute atomic E-state index is 0.167. The maximum absolute atomic E-state index is 12.7. The van der Waals surface area contributed by atoms with Gasteiger partial charge in [0.2, 0.25) is 10.0 Å². The van der Waals surface area contributed by atoms with Crippen LogP contribution in [0.5, 0.6) is 5.75 Å². The van der Waals surface area contributed by atoms with Gasteiger partial charge in [0.25, 0.3) is 0 Å². The van der Waals surface area contributed by atoms with E-state index in [1.165, 1.54) is 0 Å². The summed E-state index contributed by atoms with van der Waals surface area (Å²) >= 11 is 6.22. The van der Waals surface area contributed by atoms with E-state index in [0.717, 1.165) is 10.9 Å². The number of hydrogen-bond acceptors (Lipinski definition) is 3. The molecule has 0 saturated heterocycles. The number of rotatable bonds is 5. The number of methoxy groups -OCH3 is 1. The molecule has 3 aromatic carbocycles. The van der Waals surface area contributed by atoms with E-state index < -0.39 is 10.0 Å². The number of ether oxygens (including phenoxy) is 1. The largest absolute Gasteiger partial charge is 0.497 e. The topological polar surface area (TPSA) is 55.4 Å².